The van der Waals surface area contributed by atoms with Crippen molar-refractivity contribution < 1.29 is 13.2 Å². The highest BCUT2D eigenvalue weighted by molar-refractivity contribution is 7.71. The minimum absolute atomic E-state index is 0.0766. The third-order valence-corrected chi connectivity index (χ3v) is 2.74. The topological polar surface area (TPSA) is 28.7 Å². The molecule has 0 aliphatic rings. The Kier molecular flexibility index (Phi) is 2.81. The summed E-state index contributed by atoms with van der Waals surface area (Å²) in [6.07, 6.45) is -4.51. The molecule has 0 unspecified atom stereocenters. The second-order valence-electron chi connectivity index (χ2n) is 2.99. The number of thiophene rings is 1. The molecule has 2 heterocycles. The summed E-state index contributed by atoms with van der Waals surface area (Å²) < 4.78 is 37.3. The molecule has 0 fully saturated rings. The number of rotatable bonds is 1. The molecule has 84 valence electrons. The number of halogens is 3. The molecule has 0 radical (unpaired) electrons. The lowest BCUT2D eigenvalue weighted by molar-refractivity contribution is -0.144. The maximum absolute atomic E-state index is 12.5. The SMILES string of the molecule is FC(F)(F)c1nc(=S)cc(-c2ccsc2)[nH]1. The number of alkyl halides is 3. The second-order valence-corrected chi connectivity index (χ2v) is 4.19. The molecule has 0 saturated carbocycles. The molecule has 2 aromatic heterocycles. The fourth-order valence-electron chi connectivity index (χ4n) is 1.17. The van der Waals surface area contributed by atoms with Crippen LogP contribution in [0, 0.1) is 4.64 Å². The van der Waals surface area contributed by atoms with E-state index < -0.39 is 12.0 Å². The second kappa shape index (κ2) is 3.99. The highest BCUT2D eigenvalue weighted by atomic mass is 32.1. The zero-order valence-corrected chi connectivity index (χ0v) is 9.34. The number of nitrogens with zero attached hydrogens (tertiary/aromatic N) is 1. The summed E-state index contributed by atoms with van der Waals surface area (Å²) in [6.45, 7) is 0. The average Bonchev–Trinajstić information content (AvgIpc) is 2.68. The highest BCUT2D eigenvalue weighted by Crippen LogP contribution is 2.28. The van der Waals surface area contributed by atoms with Crippen LogP contribution in [0.1, 0.15) is 5.82 Å². The lowest BCUT2D eigenvalue weighted by Crippen LogP contribution is -2.11. The van der Waals surface area contributed by atoms with Crippen molar-refractivity contribution in [1.82, 2.24) is 9.97 Å². The number of hydrogen-bond donors (Lipinski definition) is 1. The number of aromatic nitrogens is 2. The van der Waals surface area contributed by atoms with Crippen LogP contribution in [0.25, 0.3) is 11.3 Å². The molecule has 0 amide bonds. The van der Waals surface area contributed by atoms with Crippen molar-refractivity contribution in [3.63, 3.8) is 0 Å². The fourth-order valence-corrected chi connectivity index (χ4v) is 2.03. The Morgan fingerprint density at radius 3 is 2.69 bits per heavy atom. The van der Waals surface area contributed by atoms with Gasteiger partial charge in [0.15, 0.2) is 0 Å². The molecule has 0 aliphatic carbocycles. The fraction of sp³-hybridized carbons (Fsp3) is 0.111. The van der Waals surface area contributed by atoms with Crippen LogP contribution in [0.15, 0.2) is 22.9 Å². The molecule has 0 aromatic carbocycles. The van der Waals surface area contributed by atoms with Crippen LogP contribution in [0.2, 0.25) is 0 Å². The zero-order valence-electron chi connectivity index (χ0n) is 7.71. The Labute approximate surface area is 97.8 Å². The molecule has 2 rings (SSSR count). The molecule has 2 nitrogen and oxygen atoms in total. The van der Waals surface area contributed by atoms with E-state index in [0.717, 1.165) is 0 Å². The van der Waals surface area contributed by atoms with Crippen LogP contribution in [0.3, 0.4) is 0 Å². The molecule has 0 spiro atoms. The molecule has 2 aromatic rings. The summed E-state index contributed by atoms with van der Waals surface area (Å²) >= 11 is 6.10. The van der Waals surface area contributed by atoms with Gasteiger partial charge in [-0.1, -0.05) is 12.2 Å². The van der Waals surface area contributed by atoms with E-state index in [4.69, 9.17) is 12.2 Å². The normalized spacial score (nSPS) is 11.7. The standard InChI is InChI=1S/C9H5F3N2S2/c10-9(11,12)8-13-6(3-7(15)14-8)5-1-2-16-4-5/h1-4H,(H,13,14,15). The smallest absolute Gasteiger partial charge is 0.335 e. The summed E-state index contributed by atoms with van der Waals surface area (Å²) in [5.41, 5.74) is 0.998. The van der Waals surface area contributed by atoms with Gasteiger partial charge in [-0.2, -0.15) is 24.5 Å². The van der Waals surface area contributed by atoms with E-state index in [2.05, 4.69) is 9.97 Å². The number of aromatic amines is 1. The number of H-pyrrole nitrogens is 1. The van der Waals surface area contributed by atoms with Crippen molar-refractivity contribution in [2.45, 2.75) is 6.18 Å². The van der Waals surface area contributed by atoms with Gasteiger partial charge in [-0.05, 0) is 17.5 Å². The highest BCUT2D eigenvalue weighted by Gasteiger charge is 2.34. The van der Waals surface area contributed by atoms with Gasteiger partial charge < -0.3 is 4.98 Å². The monoisotopic (exact) mass is 262 g/mol. The Hall–Kier alpha value is -1.21. The van der Waals surface area contributed by atoms with Crippen LogP contribution in [-0.2, 0) is 6.18 Å². The predicted molar refractivity (Wildman–Crippen MR) is 57.7 cm³/mol. The lowest BCUT2D eigenvalue weighted by atomic mass is 10.2. The van der Waals surface area contributed by atoms with Crippen molar-refractivity contribution in [3.05, 3.63) is 33.4 Å². The predicted octanol–water partition coefficient (Wildman–Crippen LogP) is 3.89. The van der Waals surface area contributed by atoms with Gasteiger partial charge in [0, 0.05) is 10.9 Å². The van der Waals surface area contributed by atoms with Crippen LogP contribution < -0.4 is 0 Å². The van der Waals surface area contributed by atoms with E-state index in [-0.39, 0.29) is 4.64 Å². The van der Waals surface area contributed by atoms with E-state index in [9.17, 15) is 13.2 Å². The van der Waals surface area contributed by atoms with Gasteiger partial charge in [-0.3, -0.25) is 0 Å². The first-order valence-corrected chi connectivity index (χ1v) is 5.53. The quantitative estimate of drug-likeness (QED) is 0.790. The summed E-state index contributed by atoms with van der Waals surface area (Å²) in [6, 6.07) is 3.12. The van der Waals surface area contributed by atoms with E-state index in [0.29, 0.717) is 11.3 Å². The average molecular weight is 262 g/mol. The third-order valence-electron chi connectivity index (χ3n) is 1.84. The zero-order chi connectivity index (χ0) is 11.8. The van der Waals surface area contributed by atoms with E-state index in [1.54, 1.807) is 16.8 Å². The molecule has 0 aliphatic heterocycles. The van der Waals surface area contributed by atoms with Crippen LogP contribution >= 0.6 is 23.6 Å². The Morgan fingerprint density at radius 1 is 1.38 bits per heavy atom. The molecular formula is C9H5F3N2S2. The van der Waals surface area contributed by atoms with Gasteiger partial charge in [0.2, 0.25) is 5.82 Å². The molecule has 0 saturated heterocycles. The third kappa shape index (κ3) is 2.30. The van der Waals surface area contributed by atoms with E-state index >= 15 is 0 Å². The molecule has 0 atom stereocenters. The van der Waals surface area contributed by atoms with Crippen molar-refractivity contribution in [2.75, 3.05) is 0 Å². The maximum Gasteiger partial charge on any atom is 0.449 e. The summed E-state index contributed by atoms with van der Waals surface area (Å²) in [4.78, 5) is 5.48. The van der Waals surface area contributed by atoms with Crippen molar-refractivity contribution in [2.24, 2.45) is 0 Å². The number of nitrogens with one attached hydrogen (secondary N) is 1. The van der Waals surface area contributed by atoms with Crippen LogP contribution in [0.4, 0.5) is 13.2 Å². The molecule has 7 heteroatoms. The van der Waals surface area contributed by atoms with Gasteiger partial charge in [0.1, 0.15) is 4.64 Å². The molecular weight excluding hydrogens is 257 g/mol. The van der Waals surface area contributed by atoms with Crippen molar-refractivity contribution in [1.29, 1.82) is 0 Å². The minimum Gasteiger partial charge on any atom is -0.335 e. The summed E-state index contributed by atoms with van der Waals surface area (Å²) in [5.74, 6) is -1.07. The molecule has 0 bridgehead atoms. The first kappa shape index (κ1) is 11.3. The van der Waals surface area contributed by atoms with Gasteiger partial charge in [0.05, 0.1) is 5.69 Å². The van der Waals surface area contributed by atoms with Gasteiger partial charge in [0.25, 0.3) is 0 Å². The van der Waals surface area contributed by atoms with E-state index in [1.165, 1.54) is 17.4 Å². The van der Waals surface area contributed by atoms with Gasteiger partial charge in [-0.25, -0.2) is 4.98 Å². The largest absolute Gasteiger partial charge is 0.449 e. The maximum atomic E-state index is 12.5. The first-order valence-electron chi connectivity index (χ1n) is 4.18. The van der Waals surface area contributed by atoms with Gasteiger partial charge in [-0.15, -0.1) is 0 Å². The number of hydrogen-bond acceptors (Lipinski definition) is 3. The van der Waals surface area contributed by atoms with Crippen molar-refractivity contribution >= 4 is 23.6 Å². The van der Waals surface area contributed by atoms with E-state index in [1.807, 2.05) is 0 Å². The van der Waals surface area contributed by atoms with Crippen LogP contribution in [-0.4, -0.2) is 9.97 Å². The summed E-state index contributed by atoms with van der Waals surface area (Å²) in [5, 5.41) is 3.51. The molecule has 1 N–H and O–H groups in total. The first-order chi connectivity index (χ1) is 7.47. The van der Waals surface area contributed by atoms with Gasteiger partial charge >= 0.3 is 6.18 Å². The Balaban J connectivity index is 2.57. The van der Waals surface area contributed by atoms with Crippen molar-refractivity contribution in [3.8, 4) is 11.3 Å². The molecule has 16 heavy (non-hydrogen) atoms. The summed E-state index contributed by atoms with van der Waals surface area (Å²) in [7, 11) is 0. The minimum atomic E-state index is -4.51. The lowest BCUT2D eigenvalue weighted by Gasteiger charge is -2.07. The van der Waals surface area contributed by atoms with Crippen LogP contribution in [0.5, 0.6) is 0 Å². The Morgan fingerprint density at radius 2 is 2.12 bits per heavy atom. The Bertz CT molecular complexity index is 543.